The van der Waals surface area contributed by atoms with Gasteiger partial charge in [-0.15, -0.1) is 0 Å². The van der Waals surface area contributed by atoms with Crippen LogP contribution in [0.2, 0.25) is 0 Å². The molecule has 1 aliphatic rings. The van der Waals surface area contributed by atoms with E-state index in [2.05, 4.69) is 41.3 Å². The van der Waals surface area contributed by atoms with E-state index in [4.69, 9.17) is 10.3 Å². The highest BCUT2D eigenvalue weighted by atomic mass is 16.5. The van der Waals surface area contributed by atoms with Gasteiger partial charge >= 0.3 is 0 Å². The molecule has 4 rings (SSSR count). The van der Waals surface area contributed by atoms with Crippen LogP contribution in [0, 0.1) is 0 Å². The van der Waals surface area contributed by atoms with Crippen molar-refractivity contribution in [3.8, 4) is 0 Å². The zero-order valence-electron chi connectivity index (χ0n) is 14.7. The van der Waals surface area contributed by atoms with E-state index < -0.39 is 5.91 Å². The molecule has 0 spiro atoms. The van der Waals surface area contributed by atoms with E-state index in [0.717, 1.165) is 24.8 Å². The molecule has 26 heavy (non-hydrogen) atoms. The van der Waals surface area contributed by atoms with Gasteiger partial charge in [-0.1, -0.05) is 48.5 Å². The number of benzene rings is 2. The molecule has 1 aromatic heterocycles. The maximum atomic E-state index is 11.3. The number of hydrogen-bond acceptors (Lipinski definition) is 4. The van der Waals surface area contributed by atoms with Crippen molar-refractivity contribution >= 4 is 5.91 Å². The first kappa shape index (κ1) is 16.5. The van der Waals surface area contributed by atoms with Crippen LogP contribution in [-0.4, -0.2) is 16.0 Å². The summed E-state index contributed by atoms with van der Waals surface area (Å²) in [5.41, 5.74) is 9.39. The highest BCUT2D eigenvalue weighted by Crippen LogP contribution is 2.37. The van der Waals surface area contributed by atoms with Gasteiger partial charge in [0, 0.05) is 12.0 Å². The molecule has 0 fully saturated rings. The van der Waals surface area contributed by atoms with Crippen molar-refractivity contribution in [1.82, 2.24) is 10.1 Å². The van der Waals surface area contributed by atoms with E-state index in [9.17, 15) is 4.79 Å². The summed E-state index contributed by atoms with van der Waals surface area (Å²) in [6.45, 7) is 2.19. The number of fused-ring (bicyclic) bond motifs is 1. The van der Waals surface area contributed by atoms with Crippen molar-refractivity contribution in [1.29, 1.82) is 0 Å². The number of aryl methyl sites for hydroxylation is 1. The van der Waals surface area contributed by atoms with Crippen LogP contribution >= 0.6 is 0 Å². The minimum atomic E-state index is -0.436. The molecule has 2 aromatic carbocycles. The molecule has 3 aromatic rings. The van der Waals surface area contributed by atoms with Crippen LogP contribution in [0.25, 0.3) is 0 Å². The average molecular weight is 347 g/mol. The summed E-state index contributed by atoms with van der Waals surface area (Å²) in [4.78, 5) is 16.0. The van der Waals surface area contributed by atoms with Gasteiger partial charge in [0.15, 0.2) is 5.82 Å². The number of primary amides is 1. The molecular weight excluding hydrogens is 326 g/mol. The summed E-state index contributed by atoms with van der Waals surface area (Å²) in [6, 6.07) is 15.8. The lowest BCUT2D eigenvalue weighted by Crippen LogP contribution is -2.30. The van der Waals surface area contributed by atoms with Crippen molar-refractivity contribution in [2.24, 2.45) is 5.73 Å². The van der Waals surface area contributed by atoms with E-state index in [-0.39, 0.29) is 5.41 Å². The maximum absolute atomic E-state index is 11.3. The Bertz CT molecular complexity index is 963. The average Bonchev–Trinajstić information content (AvgIpc) is 3.11. The van der Waals surface area contributed by atoms with E-state index in [1.807, 2.05) is 12.1 Å². The Labute approximate surface area is 152 Å². The molecule has 1 heterocycles. The molecule has 0 bridgehead atoms. The Morgan fingerprint density at radius 1 is 1.19 bits per heavy atom. The number of nitrogens with two attached hydrogens (primary N) is 1. The summed E-state index contributed by atoms with van der Waals surface area (Å²) < 4.78 is 5.62. The standard InChI is InChI=1S/C21H21N3O2/c1-21(10-9-15-6-2-3-7-17(15)13-21)20-23-18(24-26-20)12-14-5-4-8-16(11-14)19(22)25/h2-8,11H,9-10,12-13H2,1H3,(H2,22,25). The fourth-order valence-electron chi connectivity index (χ4n) is 3.66. The Kier molecular flexibility index (Phi) is 4.07. The van der Waals surface area contributed by atoms with Gasteiger partial charge in [-0.05, 0) is 48.1 Å². The van der Waals surface area contributed by atoms with E-state index >= 15 is 0 Å². The van der Waals surface area contributed by atoms with Crippen LogP contribution in [0.3, 0.4) is 0 Å². The SMILES string of the molecule is CC1(c2nc(Cc3cccc(C(N)=O)c3)no2)CCc2ccccc2C1. The third-order valence-electron chi connectivity index (χ3n) is 5.20. The number of aromatic nitrogens is 2. The predicted molar refractivity (Wildman–Crippen MR) is 97.9 cm³/mol. The predicted octanol–water partition coefficient (Wildman–Crippen LogP) is 3.21. The van der Waals surface area contributed by atoms with Crippen molar-refractivity contribution in [2.75, 3.05) is 0 Å². The van der Waals surface area contributed by atoms with Gasteiger partial charge in [-0.25, -0.2) is 0 Å². The highest BCUT2D eigenvalue weighted by molar-refractivity contribution is 5.92. The molecule has 1 aliphatic carbocycles. The second-order valence-electron chi connectivity index (χ2n) is 7.26. The molecule has 1 amide bonds. The topological polar surface area (TPSA) is 82.0 Å². The first-order valence-corrected chi connectivity index (χ1v) is 8.82. The summed E-state index contributed by atoms with van der Waals surface area (Å²) in [5, 5.41) is 4.16. The second kappa shape index (κ2) is 6.41. The van der Waals surface area contributed by atoms with Crippen LogP contribution in [0.4, 0.5) is 0 Å². The van der Waals surface area contributed by atoms with E-state index in [1.165, 1.54) is 11.1 Å². The smallest absolute Gasteiger partial charge is 0.248 e. The molecular formula is C21H21N3O2. The Morgan fingerprint density at radius 3 is 2.81 bits per heavy atom. The van der Waals surface area contributed by atoms with E-state index in [0.29, 0.717) is 23.7 Å². The second-order valence-corrected chi connectivity index (χ2v) is 7.26. The summed E-state index contributed by atoms with van der Waals surface area (Å²) in [6.07, 6.45) is 3.42. The molecule has 0 saturated carbocycles. The first-order valence-electron chi connectivity index (χ1n) is 8.82. The Balaban J connectivity index is 1.55. The van der Waals surface area contributed by atoms with Crippen LogP contribution in [0.5, 0.6) is 0 Å². The summed E-state index contributed by atoms with van der Waals surface area (Å²) in [5.74, 6) is 0.879. The molecule has 2 N–H and O–H groups in total. The molecule has 0 radical (unpaired) electrons. The third-order valence-corrected chi connectivity index (χ3v) is 5.20. The van der Waals surface area contributed by atoms with Gasteiger partial charge in [0.25, 0.3) is 0 Å². The number of hydrogen-bond donors (Lipinski definition) is 1. The Morgan fingerprint density at radius 2 is 2.00 bits per heavy atom. The fourth-order valence-corrected chi connectivity index (χ4v) is 3.66. The number of carbonyl (C=O) groups excluding carboxylic acids is 1. The zero-order valence-corrected chi connectivity index (χ0v) is 14.7. The lowest BCUT2D eigenvalue weighted by molar-refractivity contribution is 0.1000. The molecule has 5 heteroatoms. The van der Waals surface area contributed by atoms with Crippen molar-refractivity contribution in [2.45, 2.75) is 38.0 Å². The molecule has 1 atom stereocenters. The minimum absolute atomic E-state index is 0.144. The van der Waals surface area contributed by atoms with Crippen molar-refractivity contribution in [3.63, 3.8) is 0 Å². The normalized spacial score (nSPS) is 19.1. The Hall–Kier alpha value is -2.95. The van der Waals surface area contributed by atoms with Gasteiger partial charge in [0.05, 0.1) is 5.41 Å². The molecule has 132 valence electrons. The van der Waals surface area contributed by atoms with Crippen molar-refractivity contribution in [3.05, 3.63) is 82.5 Å². The zero-order chi connectivity index (χ0) is 18.1. The molecule has 1 unspecified atom stereocenters. The quantitative estimate of drug-likeness (QED) is 0.786. The van der Waals surface area contributed by atoms with Crippen LogP contribution in [0.15, 0.2) is 53.1 Å². The summed E-state index contributed by atoms with van der Waals surface area (Å²) >= 11 is 0. The van der Waals surface area contributed by atoms with Gasteiger partial charge in [-0.3, -0.25) is 4.79 Å². The van der Waals surface area contributed by atoms with Gasteiger partial charge in [0.2, 0.25) is 11.8 Å². The van der Waals surface area contributed by atoms with Crippen LogP contribution in [-0.2, 0) is 24.7 Å². The third kappa shape index (κ3) is 3.12. The number of carbonyl (C=O) groups is 1. The summed E-state index contributed by atoms with van der Waals surface area (Å²) in [7, 11) is 0. The largest absolute Gasteiger partial charge is 0.366 e. The lowest BCUT2D eigenvalue weighted by atomic mass is 9.73. The number of amides is 1. The van der Waals surface area contributed by atoms with Gasteiger partial charge in [-0.2, -0.15) is 4.98 Å². The molecule has 5 nitrogen and oxygen atoms in total. The highest BCUT2D eigenvalue weighted by Gasteiger charge is 2.36. The van der Waals surface area contributed by atoms with E-state index in [1.54, 1.807) is 12.1 Å². The monoisotopic (exact) mass is 347 g/mol. The van der Waals surface area contributed by atoms with Crippen LogP contribution in [0.1, 0.15) is 52.1 Å². The fraction of sp³-hybridized carbons (Fsp3) is 0.286. The maximum Gasteiger partial charge on any atom is 0.248 e. The number of nitrogens with zero attached hydrogens (tertiary/aromatic N) is 2. The number of rotatable bonds is 4. The first-order chi connectivity index (χ1) is 12.5. The van der Waals surface area contributed by atoms with Crippen molar-refractivity contribution < 1.29 is 9.32 Å². The van der Waals surface area contributed by atoms with Crippen LogP contribution < -0.4 is 5.73 Å². The van der Waals surface area contributed by atoms with Gasteiger partial charge in [0.1, 0.15) is 0 Å². The molecule has 0 saturated heterocycles. The van der Waals surface area contributed by atoms with Gasteiger partial charge < -0.3 is 10.3 Å². The minimum Gasteiger partial charge on any atom is -0.366 e. The molecule has 0 aliphatic heterocycles. The lowest BCUT2D eigenvalue weighted by Gasteiger charge is -2.31.